The van der Waals surface area contributed by atoms with Crippen molar-refractivity contribution in [2.45, 2.75) is 13.0 Å². The van der Waals surface area contributed by atoms with E-state index in [0.717, 1.165) is 7.11 Å². The van der Waals surface area contributed by atoms with Crippen LogP contribution in [0.25, 0.3) is 0 Å². The molecule has 58 valence electrons. The highest BCUT2D eigenvalue weighted by molar-refractivity contribution is 6.37. The molecule has 0 saturated carbocycles. The molecule has 0 aliphatic rings. The summed E-state index contributed by atoms with van der Waals surface area (Å²) in [5, 5.41) is 19.4. The van der Waals surface area contributed by atoms with Crippen LogP contribution in [0.4, 0.5) is 0 Å². The number of hydrogen-bond donors (Lipinski definition) is 2. The van der Waals surface area contributed by atoms with E-state index in [0.29, 0.717) is 0 Å². The third-order valence-electron chi connectivity index (χ3n) is 0.898. The van der Waals surface area contributed by atoms with Crippen molar-refractivity contribution in [3.8, 4) is 0 Å². The second kappa shape index (κ2) is 3.84. The first kappa shape index (κ1) is 8.90. The van der Waals surface area contributed by atoms with Gasteiger partial charge >= 0.3 is 5.97 Å². The monoisotopic (exact) mass is 147 g/mol. The van der Waals surface area contributed by atoms with Crippen LogP contribution in [0.2, 0.25) is 0 Å². The largest absolute Gasteiger partial charge is 0.464 e. The minimum absolute atomic E-state index is 0.400. The van der Waals surface area contributed by atoms with Crippen LogP contribution in [0.15, 0.2) is 5.16 Å². The standard InChI is InChI=1S/C5H9NO4/c1-3(7)4(6-9)5(8)10-2/h3,7,9H,1-2H3/b6-4+. The van der Waals surface area contributed by atoms with E-state index < -0.39 is 17.8 Å². The molecule has 0 aromatic carbocycles. The molecular weight excluding hydrogens is 138 g/mol. The van der Waals surface area contributed by atoms with Crippen LogP contribution in [0, 0.1) is 0 Å². The number of carbonyl (C=O) groups excluding carboxylic acids is 1. The topological polar surface area (TPSA) is 79.1 Å². The number of methoxy groups -OCH3 is 1. The van der Waals surface area contributed by atoms with Gasteiger partial charge in [-0.15, -0.1) is 0 Å². The predicted octanol–water partition coefficient (Wildman–Crippen LogP) is -0.630. The summed E-state index contributed by atoms with van der Waals surface area (Å²) in [5.41, 5.74) is -0.400. The Morgan fingerprint density at radius 3 is 2.30 bits per heavy atom. The highest BCUT2D eigenvalue weighted by atomic mass is 16.5. The second-order valence-corrected chi connectivity index (χ2v) is 1.65. The fourth-order valence-corrected chi connectivity index (χ4v) is 0.400. The molecule has 1 atom stereocenters. The Morgan fingerprint density at radius 2 is 2.20 bits per heavy atom. The van der Waals surface area contributed by atoms with E-state index >= 15 is 0 Å². The molecule has 0 radical (unpaired) electrons. The van der Waals surface area contributed by atoms with Crippen molar-refractivity contribution in [3.63, 3.8) is 0 Å². The molecule has 0 amide bonds. The van der Waals surface area contributed by atoms with Gasteiger partial charge in [0.25, 0.3) is 0 Å². The smallest absolute Gasteiger partial charge is 0.358 e. The summed E-state index contributed by atoms with van der Waals surface area (Å²) >= 11 is 0. The fraction of sp³-hybridized carbons (Fsp3) is 0.600. The zero-order valence-electron chi connectivity index (χ0n) is 5.74. The molecule has 0 aliphatic heterocycles. The van der Waals surface area contributed by atoms with Gasteiger partial charge in [0.1, 0.15) is 6.10 Å². The van der Waals surface area contributed by atoms with E-state index in [1.807, 2.05) is 0 Å². The van der Waals surface area contributed by atoms with Gasteiger partial charge in [-0.1, -0.05) is 5.16 Å². The first-order valence-electron chi connectivity index (χ1n) is 2.61. The number of nitrogens with zero attached hydrogens (tertiary/aromatic N) is 1. The number of esters is 1. The molecule has 2 N–H and O–H groups in total. The summed E-state index contributed by atoms with van der Waals surface area (Å²) in [4.78, 5) is 10.5. The van der Waals surface area contributed by atoms with E-state index in [9.17, 15) is 4.79 Å². The van der Waals surface area contributed by atoms with E-state index in [1.165, 1.54) is 6.92 Å². The molecule has 5 heteroatoms. The van der Waals surface area contributed by atoms with Gasteiger partial charge in [-0.3, -0.25) is 0 Å². The number of carbonyl (C=O) groups is 1. The van der Waals surface area contributed by atoms with Crippen molar-refractivity contribution in [2.75, 3.05) is 7.11 Å². The lowest BCUT2D eigenvalue weighted by molar-refractivity contribution is -0.133. The number of aliphatic hydroxyl groups is 1. The van der Waals surface area contributed by atoms with E-state index in [4.69, 9.17) is 10.3 Å². The Morgan fingerprint density at radius 1 is 1.70 bits per heavy atom. The second-order valence-electron chi connectivity index (χ2n) is 1.65. The highest BCUT2D eigenvalue weighted by Gasteiger charge is 2.17. The molecule has 10 heavy (non-hydrogen) atoms. The van der Waals surface area contributed by atoms with Gasteiger partial charge in [0.2, 0.25) is 0 Å². The maximum atomic E-state index is 10.5. The van der Waals surface area contributed by atoms with Crippen LogP contribution in [-0.4, -0.2) is 35.2 Å². The zero-order chi connectivity index (χ0) is 8.15. The maximum Gasteiger partial charge on any atom is 0.358 e. The average molecular weight is 147 g/mol. The molecule has 1 unspecified atom stereocenters. The van der Waals surface area contributed by atoms with Gasteiger partial charge in [-0.2, -0.15) is 0 Å². The van der Waals surface area contributed by atoms with E-state index in [-0.39, 0.29) is 0 Å². The Bertz CT molecular complexity index is 152. The SMILES string of the molecule is COC(=O)/C(=N/O)C(C)O. The van der Waals surface area contributed by atoms with Crippen LogP contribution in [0.1, 0.15) is 6.92 Å². The molecular formula is C5H9NO4. The third-order valence-corrected chi connectivity index (χ3v) is 0.898. The van der Waals surface area contributed by atoms with Gasteiger partial charge in [0.05, 0.1) is 7.11 Å². The van der Waals surface area contributed by atoms with Gasteiger partial charge in [-0.05, 0) is 6.92 Å². The molecule has 0 spiro atoms. The quantitative estimate of drug-likeness (QED) is 0.236. The maximum absolute atomic E-state index is 10.5. The number of aliphatic hydroxyl groups excluding tert-OH is 1. The molecule has 0 aromatic rings. The molecule has 0 aliphatic carbocycles. The van der Waals surface area contributed by atoms with Gasteiger partial charge < -0.3 is 15.1 Å². The molecule has 5 nitrogen and oxygen atoms in total. The van der Waals surface area contributed by atoms with Crippen LogP contribution >= 0.6 is 0 Å². The number of ether oxygens (including phenoxy) is 1. The van der Waals surface area contributed by atoms with Crippen molar-refractivity contribution in [3.05, 3.63) is 0 Å². The lowest BCUT2D eigenvalue weighted by Gasteiger charge is -2.02. The minimum Gasteiger partial charge on any atom is -0.464 e. The van der Waals surface area contributed by atoms with Crippen LogP contribution < -0.4 is 0 Å². The summed E-state index contributed by atoms with van der Waals surface area (Å²) in [6, 6.07) is 0. The van der Waals surface area contributed by atoms with Crippen LogP contribution in [0.3, 0.4) is 0 Å². The fourth-order valence-electron chi connectivity index (χ4n) is 0.400. The number of rotatable bonds is 2. The average Bonchev–Trinajstić information content (AvgIpc) is 1.88. The van der Waals surface area contributed by atoms with Gasteiger partial charge in [0.15, 0.2) is 5.71 Å². The van der Waals surface area contributed by atoms with Crippen molar-refractivity contribution < 1.29 is 19.8 Å². The lowest BCUT2D eigenvalue weighted by atomic mass is 10.2. The third kappa shape index (κ3) is 2.02. The van der Waals surface area contributed by atoms with Crippen LogP contribution in [0.5, 0.6) is 0 Å². The highest BCUT2D eigenvalue weighted by Crippen LogP contribution is 1.89. The van der Waals surface area contributed by atoms with Crippen LogP contribution in [-0.2, 0) is 9.53 Å². The Balaban J connectivity index is 4.24. The summed E-state index contributed by atoms with van der Waals surface area (Å²) in [7, 11) is 1.13. The summed E-state index contributed by atoms with van der Waals surface area (Å²) < 4.78 is 4.17. The van der Waals surface area contributed by atoms with Crippen molar-refractivity contribution >= 4 is 11.7 Å². The first-order valence-corrected chi connectivity index (χ1v) is 2.61. The zero-order valence-corrected chi connectivity index (χ0v) is 5.74. The Labute approximate surface area is 57.9 Å². The van der Waals surface area contributed by atoms with E-state index in [2.05, 4.69) is 9.89 Å². The molecule has 0 saturated heterocycles. The molecule has 0 fully saturated rings. The minimum atomic E-state index is -1.11. The van der Waals surface area contributed by atoms with E-state index in [1.54, 1.807) is 0 Å². The number of hydrogen-bond acceptors (Lipinski definition) is 5. The van der Waals surface area contributed by atoms with Gasteiger partial charge in [-0.25, -0.2) is 4.79 Å². The molecule has 0 aromatic heterocycles. The Hall–Kier alpha value is -1.10. The number of oxime groups is 1. The normalized spacial score (nSPS) is 14.5. The molecule has 0 rings (SSSR count). The van der Waals surface area contributed by atoms with Gasteiger partial charge in [0, 0.05) is 0 Å². The Kier molecular flexibility index (Phi) is 3.42. The van der Waals surface area contributed by atoms with Crippen molar-refractivity contribution in [1.29, 1.82) is 0 Å². The first-order chi connectivity index (χ1) is 4.63. The van der Waals surface area contributed by atoms with Crippen molar-refractivity contribution in [2.24, 2.45) is 5.16 Å². The van der Waals surface area contributed by atoms with Crippen molar-refractivity contribution in [1.82, 2.24) is 0 Å². The molecule has 0 bridgehead atoms. The summed E-state index contributed by atoms with van der Waals surface area (Å²) in [6.07, 6.45) is -1.11. The lowest BCUT2D eigenvalue weighted by Crippen LogP contribution is -2.27. The predicted molar refractivity (Wildman–Crippen MR) is 32.9 cm³/mol. The summed E-state index contributed by atoms with van der Waals surface area (Å²) in [6.45, 7) is 1.30. The summed E-state index contributed by atoms with van der Waals surface area (Å²) in [5.74, 6) is -0.836. The molecule has 0 heterocycles.